The molecule has 1 N–H and O–H groups in total. The van der Waals surface area contributed by atoms with Gasteiger partial charge in [-0.05, 0) is 25.3 Å². The third-order valence-corrected chi connectivity index (χ3v) is 4.08. The van der Waals surface area contributed by atoms with Gasteiger partial charge in [-0.3, -0.25) is 0 Å². The zero-order valence-corrected chi connectivity index (χ0v) is 11.0. The number of aromatic nitrogens is 1. The van der Waals surface area contributed by atoms with Crippen molar-refractivity contribution in [3.05, 3.63) is 23.9 Å². The molecule has 0 saturated carbocycles. The summed E-state index contributed by atoms with van der Waals surface area (Å²) in [7, 11) is 0. The summed E-state index contributed by atoms with van der Waals surface area (Å²) in [4.78, 5) is 17.0. The van der Waals surface area contributed by atoms with Crippen LogP contribution >= 0.6 is 0 Å². The van der Waals surface area contributed by atoms with Gasteiger partial charge in [0.25, 0.3) is 0 Å². The Kier molecular flexibility index (Phi) is 3.05. The van der Waals surface area contributed by atoms with Crippen molar-refractivity contribution in [2.24, 2.45) is 0 Å². The molecule has 0 unspecified atom stereocenters. The number of pyridine rings is 1. The number of hydrogen-bond donors (Lipinski definition) is 1. The number of hydrogen-bond acceptors (Lipinski definition) is 3. The third-order valence-electron chi connectivity index (χ3n) is 4.08. The summed E-state index contributed by atoms with van der Waals surface area (Å²) in [5, 5.41) is 9.20. The zero-order valence-electron chi connectivity index (χ0n) is 11.0. The minimum atomic E-state index is -0.792. The van der Waals surface area contributed by atoms with Crippen molar-refractivity contribution in [2.45, 2.75) is 50.8 Å². The fourth-order valence-electron chi connectivity index (χ4n) is 3.23. The van der Waals surface area contributed by atoms with E-state index in [1.54, 1.807) is 11.1 Å². The molecule has 0 aromatic carbocycles. The first-order valence-electron chi connectivity index (χ1n) is 6.74. The fourth-order valence-corrected chi connectivity index (χ4v) is 3.23. The summed E-state index contributed by atoms with van der Waals surface area (Å²) in [6.45, 7) is 1.99. The van der Waals surface area contributed by atoms with Crippen molar-refractivity contribution in [3.63, 3.8) is 0 Å². The van der Waals surface area contributed by atoms with E-state index in [-0.39, 0.29) is 18.2 Å². The standard InChI is InChI=1S/C14H18N2O3/c1-9-2-5-13(15-8-9)19-12-6-10-3-4-11(7-12)16(10)14(17)18/h2,5,8,10-12H,3-4,6-7H2,1H3,(H,17,18)/t10-,11+,12+. The number of carboxylic acid groups (broad SMARTS) is 1. The number of rotatable bonds is 2. The molecule has 2 bridgehead atoms. The van der Waals surface area contributed by atoms with Gasteiger partial charge in [0.15, 0.2) is 0 Å². The first-order valence-corrected chi connectivity index (χ1v) is 6.74. The lowest BCUT2D eigenvalue weighted by Gasteiger charge is -2.36. The molecule has 0 aliphatic carbocycles. The maximum atomic E-state index is 11.2. The van der Waals surface area contributed by atoms with Gasteiger partial charge in [-0.2, -0.15) is 0 Å². The number of carbonyl (C=O) groups is 1. The van der Waals surface area contributed by atoms with Gasteiger partial charge in [0.2, 0.25) is 5.88 Å². The lowest BCUT2D eigenvalue weighted by Crippen LogP contribution is -2.48. The predicted octanol–water partition coefficient (Wildman–Crippen LogP) is 2.44. The van der Waals surface area contributed by atoms with Gasteiger partial charge in [-0.15, -0.1) is 0 Å². The van der Waals surface area contributed by atoms with E-state index in [2.05, 4.69) is 4.98 Å². The highest BCUT2D eigenvalue weighted by Crippen LogP contribution is 2.36. The van der Waals surface area contributed by atoms with Gasteiger partial charge < -0.3 is 14.7 Å². The molecule has 2 aliphatic heterocycles. The molecule has 19 heavy (non-hydrogen) atoms. The average Bonchev–Trinajstić information content (AvgIpc) is 2.65. The second kappa shape index (κ2) is 4.72. The second-order valence-corrected chi connectivity index (χ2v) is 5.46. The van der Waals surface area contributed by atoms with Crippen LogP contribution in [0.15, 0.2) is 18.3 Å². The maximum Gasteiger partial charge on any atom is 0.407 e. The summed E-state index contributed by atoms with van der Waals surface area (Å²) in [6, 6.07) is 4.09. The van der Waals surface area contributed by atoms with Crippen molar-refractivity contribution in [3.8, 4) is 5.88 Å². The largest absolute Gasteiger partial charge is 0.474 e. The Morgan fingerprint density at radius 3 is 2.58 bits per heavy atom. The smallest absolute Gasteiger partial charge is 0.407 e. The highest BCUT2D eigenvalue weighted by molar-refractivity contribution is 5.66. The molecule has 5 heteroatoms. The van der Waals surface area contributed by atoms with Crippen molar-refractivity contribution in [2.75, 3.05) is 0 Å². The number of aryl methyl sites for hydroxylation is 1. The highest BCUT2D eigenvalue weighted by Gasteiger charge is 2.44. The Morgan fingerprint density at radius 1 is 1.37 bits per heavy atom. The molecule has 3 atom stereocenters. The molecule has 2 saturated heterocycles. The predicted molar refractivity (Wildman–Crippen MR) is 69.3 cm³/mol. The molecule has 102 valence electrons. The molecule has 0 radical (unpaired) electrons. The van der Waals surface area contributed by atoms with Crippen LogP contribution in [-0.4, -0.2) is 39.3 Å². The van der Waals surface area contributed by atoms with Crippen LogP contribution in [-0.2, 0) is 0 Å². The van der Waals surface area contributed by atoms with Gasteiger partial charge in [0.1, 0.15) is 6.10 Å². The lowest BCUT2D eigenvalue weighted by molar-refractivity contribution is 0.0477. The van der Waals surface area contributed by atoms with Crippen LogP contribution in [0.5, 0.6) is 5.88 Å². The Hall–Kier alpha value is -1.78. The molecule has 3 heterocycles. The number of piperidine rings is 1. The van der Waals surface area contributed by atoms with E-state index in [0.717, 1.165) is 31.2 Å². The van der Waals surface area contributed by atoms with Crippen molar-refractivity contribution in [1.29, 1.82) is 0 Å². The average molecular weight is 262 g/mol. The summed E-state index contributed by atoms with van der Waals surface area (Å²) in [5.41, 5.74) is 1.10. The second-order valence-electron chi connectivity index (χ2n) is 5.46. The molecule has 1 aromatic heterocycles. The van der Waals surface area contributed by atoms with E-state index in [4.69, 9.17) is 4.74 Å². The van der Waals surface area contributed by atoms with Crippen LogP contribution in [0.1, 0.15) is 31.2 Å². The zero-order chi connectivity index (χ0) is 13.4. The van der Waals surface area contributed by atoms with E-state index in [0.29, 0.717) is 5.88 Å². The van der Waals surface area contributed by atoms with Crippen LogP contribution in [0.3, 0.4) is 0 Å². The van der Waals surface area contributed by atoms with E-state index in [1.165, 1.54) is 0 Å². The normalized spacial score (nSPS) is 29.3. The van der Waals surface area contributed by atoms with E-state index in [9.17, 15) is 9.90 Å². The van der Waals surface area contributed by atoms with E-state index in [1.807, 2.05) is 19.1 Å². The lowest BCUT2D eigenvalue weighted by atomic mass is 10.0. The van der Waals surface area contributed by atoms with Crippen LogP contribution < -0.4 is 4.74 Å². The topological polar surface area (TPSA) is 62.7 Å². The molecule has 1 aromatic rings. The monoisotopic (exact) mass is 262 g/mol. The van der Waals surface area contributed by atoms with Gasteiger partial charge in [-0.1, -0.05) is 6.07 Å². The van der Waals surface area contributed by atoms with Crippen LogP contribution in [0.2, 0.25) is 0 Å². The number of amides is 1. The first-order chi connectivity index (χ1) is 9.13. The fraction of sp³-hybridized carbons (Fsp3) is 0.571. The Morgan fingerprint density at radius 2 is 2.05 bits per heavy atom. The van der Waals surface area contributed by atoms with Gasteiger partial charge >= 0.3 is 6.09 Å². The molecule has 5 nitrogen and oxygen atoms in total. The summed E-state index contributed by atoms with van der Waals surface area (Å²) in [5.74, 6) is 0.638. The van der Waals surface area contributed by atoms with Crippen molar-refractivity contribution < 1.29 is 14.6 Å². The van der Waals surface area contributed by atoms with Gasteiger partial charge in [0.05, 0.1) is 0 Å². The molecular formula is C14H18N2O3. The summed E-state index contributed by atoms with van der Waals surface area (Å²) in [6.07, 6.45) is 4.55. The number of ether oxygens (including phenoxy) is 1. The van der Waals surface area contributed by atoms with Gasteiger partial charge in [-0.25, -0.2) is 9.78 Å². The van der Waals surface area contributed by atoms with Crippen LogP contribution in [0, 0.1) is 6.92 Å². The van der Waals surface area contributed by atoms with Crippen LogP contribution in [0.4, 0.5) is 4.79 Å². The van der Waals surface area contributed by atoms with Crippen molar-refractivity contribution in [1.82, 2.24) is 9.88 Å². The Labute approximate surface area is 112 Å². The SMILES string of the molecule is Cc1ccc(O[C@H]2C[C@H]3CC[C@@H](C2)N3C(=O)O)nc1. The maximum absolute atomic E-state index is 11.2. The molecule has 0 spiro atoms. The van der Waals surface area contributed by atoms with E-state index < -0.39 is 6.09 Å². The molecule has 2 aliphatic rings. The minimum Gasteiger partial charge on any atom is -0.474 e. The minimum absolute atomic E-state index is 0.0864. The quantitative estimate of drug-likeness (QED) is 0.889. The summed E-state index contributed by atoms with van der Waals surface area (Å²) < 4.78 is 5.89. The Balaban J connectivity index is 1.66. The van der Waals surface area contributed by atoms with Crippen LogP contribution in [0.25, 0.3) is 0 Å². The van der Waals surface area contributed by atoms with Gasteiger partial charge in [0, 0.05) is 37.2 Å². The van der Waals surface area contributed by atoms with Crippen molar-refractivity contribution >= 4 is 6.09 Å². The third kappa shape index (κ3) is 2.37. The molecular weight excluding hydrogens is 244 g/mol. The van der Waals surface area contributed by atoms with E-state index >= 15 is 0 Å². The number of fused-ring (bicyclic) bond motifs is 2. The first kappa shape index (κ1) is 12.3. The molecule has 3 rings (SSSR count). The Bertz CT molecular complexity index is 460. The summed E-state index contributed by atoms with van der Waals surface area (Å²) >= 11 is 0. The molecule has 2 fully saturated rings. The highest BCUT2D eigenvalue weighted by atomic mass is 16.5. The molecule has 1 amide bonds. The number of nitrogens with zero attached hydrogens (tertiary/aromatic N) is 2.